The molecule has 0 aliphatic carbocycles. The van der Waals surface area contributed by atoms with Crippen molar-refractivity contribution in [3.05, 3.63) is 35.4 Å². The number of β-amino-alcohol motifs (C(OH)–C–C–N with tert-alkyl or cyclic N) is 2. The summed E-state index contributed by atoms with van der Waals surface area (Å²) in [4.78, 5) is 4.27. The number of halogens is 2. The Hall–Kier alpha value is -1.08. The maximum atomic E-state index is 13.7. The Labute approximate surface area is 142 Å². The molecule has 1 heterocycles. The number of aliphatic hydroxyl groups excluding tert-OH is 2. The average molecular weight is 342 g/mol. The van der Waals surface area contributed by atoms with Crippen molar-refractivity contribution in [2.24, 2.45) is 5.41 Å². The van der Waals surface area contributed by atoms with Crippen molar-refractivity contribution >= 4 is 0 Å². The lowest BCUT2D eigenvalue weighted by Gasteiger charge is -2.38. The number of rotatable bonds is 5. The molecule has 0 bridgehead atoms. The highest BCUT2D eigenvalue weighted by Crippen LogP contribution is 2.22. The fraction of sp³-hybridized carbons (Fsp3) is 0.667. The van der Waals surface area contributed by atoms with Gasteiger partial charge in [-0.15, -0.1) is 0 Å². The first-order valence-electron chi connectivity index (χ1n) is 8.42. The predicted octanol–water partition coefficient (Wildman–Crippen LogP) is 2.02. The monoisotopic (exact) mass is 342 g/mol. The summed E-state index contributed by atoms with van der Waals surface area (Å²) in [6.07, 6.45) is -1.36. The van der Waals surface area contributed by atoms with Crippen LogP contribution in [-0.2, 0) is 0 Å². The van der Waals surface area contributed by atoms with Crippen molar-refractivity contribution in [1.29, 1.82) is 0 Å². The van der Waals surface area contributed by atoms with Crippen LogP contribution in [0.5, 0.6) is 0 Å². The molecule has 0 aromatic heterocycles. The van der Waals surface area contributed by atoms with Gasteiger partial charge in [-0.2, -0.15) is 0 Å². The largest absolute Gasteiger partial charge is 0.391 e. The van der Waals surface area contributed by atoms with Gasteiger partial charge in [0.25, 0.3) is 0 Å². The lowest BCUT2D eigenvalue weighted by molar-refractivity contribution is 0.00697. The SMILES string of the molecule is CC(C)(C)[C@H](O)CN1CCN(C[C@H](O)c2ccc(F)cc2F)CC1. The average Bonchev–Trinajstić information content (AvgIpc) is 2.48. The lowest BCUT2D eigenvalue weighted by atomic mass is 9.89. The molecule has 2 N–H and O–H groups in total. The van der Waals surface area contributed by atoms with E-state index in [0.717, 1.165) is 38.3 Å². The van der Waals surface area contributed by atoms with Gasteiger partial charge >= 0.3 is 0 Å². The zero-order valence-electron chi connectivity index (χ0n) is 14.7. The van der Waals surface area contributed by atoms with Crippen LogP contribution in [-0.4, -0.2) is 65.4 Å². The summed E-state index contributed by atoms with van der Waals surface area (Å²) >= 11 is 0. The highest BCUT2D eigenvalue weighted by molar-refractivity contribution is 5.21. The predicted molar refractivity (Wildman–Crippen MR) is 89.7 cm³/mol. The van der Waals surface area contributed by atoms with E-state index in [1.165, 1.54) is 6.07 Å². The molecule has 1 aliphatic heterocycles. The topological polar surface area (TPSA) is 46.9 Å². The number of piperazine rings is 1. The van der Waals surface area contributed by atoms with Crippen LogP contribution < -0.4 is 0 Å². The van der Waals surface area contributed by atoms with Crippen LogP contribution >= 0.6 is 0 Å². The molecule has 4 nitrogen and oxygen atoms in total. The summed E-state index contributed by atoms with van der Waals surface area (Å²) in [5, 5.41) is 20.4. The van der Waals surface area contributed by atoms with Crippen LogP contribution in [0.4, 0.5) is 8.78 Å². The van der Waals surface area contributed by atoms with Crippen molar-refractivity contribution in [1.82, 2.24) is 9.80 Å². The van der Waals surface area contributed by atoms with Gasteiger partial charge in [0.15, 0.2) is 0 Å². The summed E-state index contributed by atoms with van der Waals surface area (Å²) in [6, 6.07) is 3.25. The van der Waals surface area contributed by atoms with Crippen LogP contribution in [0.15, 0.2) is 18.2 Å². The second kappa shape index (κ2) is 7.87. The maximum Gasteiger partial charge on any atom is 0.131 e. The Morgan fingerprint density at radius 1 is 1.00 bits per heavy atom. The zero-order chi connectivity index (χ0) is 17.9. The lowest BCUT2D eigenvalue weighted by Crippen LogP contribution is -2.50. The molecule has 2 atom stereocenters. The first-order valence-corrected chi connectivity index (χ1v) is 8.42. The van der Waals surface area contributed by atoms with Gasteiger partial charge in [0.2, 0.25) is 0 Å². The molecule has 0 amide bonds. The van der Waals surface area contributed by atoms with E-state index < -0.39 is 17.7 Å². The van der Waals surface area contributed by atoms with Crippen molar-refractivity contribution in [2.75, 3.05) is 39.3 Å². The van der Waals surface area contributed by atoms with Gasteiger partial charge in [0.05, 0.1) is 12.2 Å². The van der Waals surface area contributed by atoms with Gasteiger partial charge in [0.1, 0.15) is 11.6 Å². The van der Waals surface area contributed by atoms with Crippen molar-refractivity contribution < 1.29 is 19.0 Å². The summed E-state index contributed by atoms with van der Waals surface area (Å²) in [7, 11) is 0. The molecule has 2 rings (SSSR count). The molecule has 1 aromatic carbocycles. The van der Waals surface area contributed by atoms with E-state index >= 15 is 0 Å². The quantitative estimate of drug-likeness (QED) is 0.860. The normalized spacial score (nSPS) is 20.1. The van der Waals surface area contributed by atoms with Crippen molar-refractivity contribution in [2.45, 2.75) is 33.0 Å². The molecule has 6 heteroatoms. The van der Waals surface area contributed by atoms with Gasteiger partial charge < -0.3 is 10.2 Å². The van der Waals surface area contributed by atoms with E-state index in [9.17, 15) is 19.0 Å². The van der Waals surface area contributed by atoms with E-state index in [0.29, 0.717) is 13.1 Å². The summed E-state index contributed by atoms with van der Waals surface area (Å²) in [6.45, 7) is 10.1. The Morgan fingerprint density at radius 3 is 2.04 bits per heavy atom. The van der Waals surface area contributed by atoms with Gasteiger partial charge in [-0.25, -0.2) is 8.78 Å². The molecule has 1 saturated heterocycles. The van der Waals surface area contributed by atoms with Crippen LogP contribution in [0.2, 0.25) is 0 Å². The minimum atomic E-state index is -0.975. The maximum absolute atomic E-state index is 13.7. The van der Waals surface area contributed by atoms with Crippen molar-refractivity contribution in [3.63, 3.8) is 0 Å². The summed E-state index contributed by atoms with van der Waals surface area (Å²) < 4.78 is 26.7. The van der Waals surface area contributed by atoms with E-state index in [-0.39, 0.29) is 17.1 Å². The molecule has 0 radical (unpaired) electrons. The molecule has 136 valence electrons. The van der Waals surface area contributed by atoms with Gasteiger partial charge in [0, 0.05) is 50.9 Å². The number of aliphatic hydroxyl groups is 2. The fourth-order valence-electron chi connectivity index (χ4n) is 2.79. The van der Waals surface area contributed by atoms with Crippen LogP contribution in [0.25, 0.3) is 0 Å². The van der Waals surface area contributed by atoms with Crippen molar-refractivity contribution in [3.8, 4) is 0 Å². The molecule has 0 unspecified atom stereocenters. The molecule has 1 fully saturated rings. The molecule has 0 spiro atoms. The van der Waals surface area contributed by atoms with Gasteiger partial charge in [-0.1, -0.05) is 26.8 Å². The number of benzene rings is 1. The second-order valence-corrected chi connectivity index (χ2v) is 7.66. The van der Waals surface area contributed by atoms with Crippen LogP contribution in [0.1, 0.15) is 32.4 Å². The third kappa shape index (κ3) is 5.21. The van der Waals surface area contributed by atoms with E-state index in [4.69, 9.17) is 0 Å². The highest BCUT2D eigenvalue weighted by Gasteiger charge is 2.27. The Morgan fingerprint density at radius 2 is 1.54 bits per heavy atom. The fourth-order valence-corrected chi connectivity index (χ4v) is 2.79. The Balaban J connectivity index is 1.82. The van der Waals surface area contributed by atoms with E-state index in [1.54, 1.807) is 0 Å². The molecule has 24 heavy (non-hydrogen) atoms. The number of hydrogen-bond acceptors (Lipinski definition) is 4. The van der Waals surface area contributed by atoms with E-state index in [1.807, 2.05) is 20.8 Å². The first kappa shape index (κ1) is 19.2. The second-order valence-electron chi connectivity index (χ2n) is 7.66. The van der Waals surface area contributed by atoms with Crippen LogP contribution in [0, 0.1) is 17.0 Å². The number of nitrogens with zero attached hydrogens (tertiary/aromatic N) is 2. The minimum absolute atomic E-state index is 0.127. The third-order valence-electron chi connectivity index (χ3n) is 4.65. The standard InChI is InChI=1S/C18H28F2N2O2/c1-18(2,3)17(24)12-22-8-6-21(7-9-22)11-16(23)14-5-4-13(19)10-15(14)20/h4-5,10,16-17,23-24H,6-9,11-12H2,1-3H3/t16-,17+/m0/s1. The zero-order valence-corrected chi connectivity index (χ0v) is 14.7. The molecule has 1 aliphatic rings. The molecule has 1 aromatic rings. The minimum Gasteiger partial charge on any atom is -0.391 e. The molecular weight excluding hydrogens is 314 g/mol. The number of hydrogen-bond donors (Lipinski definition) is 2. The Bertz CT molecular complexity index is 540. The van der Waals surface area contributed by atoms with Crippen LogP contribution in [0.3, 0.4) is 0 Å². The highest BCUT2D eigenvalue weighted by atomic mass is 19.1. The van der Waals surface area contributed by atoms with Gasteiger partial charge in [-0.3, -0.25) is 9.80 Å². The Kier molecular flexibility index (Phi) is 6.31. The third-order valence-corrected chi connectivity index (χ3v) is 4.65. The molecule has 0 saturated carbocycles. The molecular formula is C18H28F2N2O2. The first-order chi connectivity index (χ1) is 11.2. The van der Waals surface area contributed by atoms with Gasteiger partial charge in [-0.05, 0) is 11.5 Å². The summed E-state index contributed by atoms with van der Waals surface area (Å²) in [5.41, 5.74) is -0.0186. The summed E-state index contributed by atoms with van der Waals surface area (Å²) in [5.74, 6) is -1.36. The van der Waals surface area contributed by atoms with E-state index in [2.05, 4.69) is 9.80 Å². The smallest absolute Gasteiger partial charge is 0.131 e.